The predicted molar refractivity (Wildman–Crippen MR) is 70.4 cm³/mol. The Morgan fingerprint density at radius 2 is 2.06 bits per heavy atom. The first-order chi connectivity index (χ1) is 7.70. The summed E-state index contributed by atoms with van der Waals surface area (Å²) in [7, 11) is 0. The summed E-state index contributed by atoms with van der Waals surface area (Å²) in [6.45, 7) is 8.23. The van der Waals surface area contributed by atoms with E-state index in [-0.39, 0.29) is 0 Å². The normalized spacial score (nSPS) is 10.9. The molecule has 0 bridgehead atoms. The zero-order valence-corrected chi connectivity index (χ0v) is 9.90. The van der Waals surface area contributed by atoms with Gasteiger partial charge in [0.1, 0.15) is 0 Å². The molecule has 2 rings (SSSR count). The van der Waals surface area contributed by atoms with E-state index >= 15 is 0 Å². The molecule has 82 valence electrons. The molecule has 0 radical (unpaired) electrons. The highest BCUT2D eigenvalue weighted by atomic mass is 14.7. The fourth-order valence-electron chi connectivity index (χ4n) is 1.97. The molecule has 0 aliphatic heterocycles. The monoisotopic (exact) mass is 211 g/mol. The molecule has 1 heteroatoms. The molecule has 1 heterocycles. The SMILES string of the molecule is C=Cc1ccc2c(CC(C)C)cccc2n1. The number of pyridine rings is 1. The Morgan fingerprint density at radius 1 is 1.25 bits per heavy atom. The van der Waals surface area contributed by atoms with Gasteiger partial charge in [0.05, 0.1) is 11.2 Å². The average molecular weight is 211 g/mol. The summed E-state index contributed by atoms with van der Waals surface area (Å²) in [5.74, 6) is 0.671. The van der Waals surface area contributed by atoms with Crippen LogP contribution in [-0.4, -0.2) is 4.98 Å². The molecule has 1 aromatic carbocycles. The van der Waals surface area contributed by atoms with Crippen molar-refractivity contribution in [1.29, 1.82) is 0 Å². The Kier molecular flexibility index (Phi) is 3.04. The molecule has 0 aliphatic rings. The Morgan fingerprint density at radius 3 is 2.75 bits per heavy atom. The van der Waals surface area contributed by atoms with E-state index in [1.807, 2.05) is 6.07 Å². The van der Waals surface area contributed by atoms with Gasteiger partial charge >= 0.3 is 0 Å². The lowest BCUT2D eigenvalue weighted by atomic mass is 9.99. The van der Waals surface area contributed by atoms with Crippen LogP contribution in [0, 0.1) is 5.92 Å². The van der Waals surface area contributed by atoms with Crippen molar-refractivity contribution in [3.63, 3.8) is 0 Å². The highest BCUT2D eigenvalue weighted by Crippen LogP contribution is 2.20. The second-order valence-electron chi connectivity index (χ2n) is 4.52. The van der Waals surface area contributed by atoms with E-state index in [9.17, 15) is 0 Å². The lowest BCUT2D eigenvalue weighted by Crippen LogP contribution is -1.96. The summed E-state index contributed by atoms with van der Waals surface area (Å²) in [4.78, 5) is 4.54. The summed E-state index contributed by atoms with van der Waals surface area (Å²) in [6.07, 6.45) is 2.89. The van der Waals surface area contributed by atoms with Gasteiger partial charge in [-0.15, -0.1) is 0 Å². The van der Waals surface area contributed by atoms with Crippen LogP contribution in [-0.2, 0) is 6.42 Å². The molecule has 0 N–H and O–H groups in total. The van der Waals surface area contributed by atoms with Crippen LogP contribution in [0.25, 0.3) is 17.0 Å². The maximum atomic E-state index is 4.54. The van der Waals surface area contributed by atoms with E-state index in [0.29, 0.717) is 5.92 Å². The largest absolute Gasteiger partial charge is 0.248 e. The molecule has 1 nitrogen and oxygen atoms in total. The van der Waals surface area contributed by atoms with Crippen molar-refractivity contribution in [1.82, 2.24) is 4.98 Å². The van der Waals surface area contributed by atoms with E-state index in [0.717, 1.165) is 17.6 Å². The second kappa shape index (κ2) is 4.48. The fourth-order valence-corrected chi connectivity index (χ4v) is 1.97. The number of fused-ring (bicyclic) bond motifs is 1. The third-order valence-electron chi connectivity index (χ3n) is 2.68. The molecule has 0 fully saturated rings. The highest BCUT2D eigenvalue weighted by molar-refractivity contribution is 5.83. The van der Waals surface area contributed by atoms with Gasteiger partial charge in [0, 0.05) is 5.39 Å². The Hall–Kier alpha value is -1.63. The molecule has 0 saturated heterocycles. The molecular weight excluding hydrogens is 194 g/mol. The number of aromatic nitrogens is 1. The second-order valence-corrected chi connectivity index (χ2v) is 4.52. The minimum Gasteiger partial charge on any atom is -0.248 e. The van der Waals surface area contributed by atoms with E-state index < -0.39 is 0 Å². The van der Waals surface area contributed by atoms with Gasteiger partial charge in [-0.05, 0) is 36.1 Å². The molecule has 0 spiro atoms. The third kappa shape index (κ3) is 2.13. The quantitative estimate of drug-likeness (QED) is 0.745. The van der Waals surface area contributed by atoms with Crippen LogP contribution in [0.4, 0.5) is 0 Å². The van der Waals surface area contributed by atoms with Gasteiger partial charge in [-0.3, -0.25) is 0 Å². The highest BCUT2D eigenvalue weighted by Gasteiger charge is 2.04. The van der Waals surface area contributed by atoms with Crippen molar-refractivity contribution in [3.8, 4) is 0 Å². The van der Waals surface area contributed by atoms with Crippen LogP contribution in [0.2, 0.25) is 0 Å². The number of rotatable bonds is 3. The van der Waals surface area contributed by atoms with Crippen LogP contribution >= 0.6 is 0 Å². The predicted octanol–water partition coefficient (Wildman–Crippen LogP) is 4.08. The van der Waals surface area contributed by atoms with Crippen LogP contribution in [0.1, 0.15) is 25.1 Å². The van der Waals surface area contributed by atoms with Crippen molar-refractivity contribution in [2.75, 3.05) is 0 Å². The van der Waals surface area contributed by atoms with Gasteiger partial charge in [0.2, 0.25) is 0 Å². The summed E-state index contributed by atoms with van der Waals surface area (Å²) in [6, 6.07) is 10.5. The van der Waals surface area contributed by atoms with E-state index in [1.165, 1.54) is 10.9 Å². The molecule has 0 amide bonds. The van der Waals surface area contributed by atoms with Gasteiger partial charge in [-0.2, -0.15) is 0 Å². The van der Waals surface area contributed by atoms with E-state index in [2.05, 4.69) is 49.7 Å². The lowest BCUT2D eigenvalue weighted by molar-refractivity contribution is 0.650. The first-order valence-corrected chi connectivity index (χ1v) is 5.72. The molecule has 1 aromatic heterocycles. The van der Waals surface area contributed by atoms with Crippen molar-refractivity contribution < 1.29 is 0 Å². The minimum atomic E-state index is 0.671. The van der Waals surface area contributed by atoms with Gasteiger partial charge in [0.25, 0.3) is 0 Å². The number of hydrogen-bond donors (Lipinski definition) is 0. The first-order valence-electron chi connectivity index (χ1n) is 5.72. The van der Waals surface area contributed by atoms with Crippen molar-refractivity contribution in [3.05, 3.63) is 48.2 Å². The van der Waals surface area contributed by atoms with Crippen LogP contribution in [0.15, 0.2) is 36.9 Å². The first kappa shape index (κ1) is 10.9. The maximum Gasteiger partial charge on any atom is 0.0712 e. The zero-order valence-electron chi connectivity index (χ0n) is 9.90. The summed E-state index contributed by atoms with van der Waals surface area (Å²) >= 11 is 0. The van der Waals surface area contributed by atoms with Gasteiger partial charge < -0.3 is 0 Å². The fraction of sp³-hybridized carbons (Fsp3) is 0.267. The number of nitrogens with zero attached hydrogens (tertiary/aromatic N) is 1. The Labute approximate surface area is 96.8 Å². The number of hydrogen-bond acceptors (Lipinski definition) is 1. The lowest BCUT2D eigenvalue weighted by Gasteiger charge is -2.08. The Bertz CT molecular complexity index is 512. The zero-order chi connectivity index (χ0) is 11.5. The standard InChI is InChI=1S/C15H17N/c1-4-13-8-9-14-12(10-11(2)3)6-5-7-15(14)16-13/h4-9,11H,1,10H2,2-3H3. The van der Waals surface area contributed by atoms with Crippen LogP contribution in [0.3, 0.4) is 0 Å². The van der Waals surface area contributed by atoms with E-state index in [1.54, 1.807) is 6.08 Å². The van der Waals surface area contributed by atoms with E-state index in [4.69, 9.17) is 0 Å². The summed E-state index contributed by atoms with van der Waals surface area (Å²) in [5, 5.41) is 1.27. The smallest absolute Gasteiger partial charge is 0.0712 e. The Balaban J connectivity index is 2.55. The molecule has 16 heavy (non-hydrogen) atoms. The summed E-state index contributed by atoms with van der Waals surface area (Å²) in [5.41, 5.74) is 3.39. The van der Waals surface area contributed by atoms with Gasteiger partial charge in [-0.25, -0.2) is 4.98 Å². The summed E-state index contributed by atoms with van der Waals surface area (Å²) < 4.78 is 0. The molecular formula is C15H17N. The molecule has 0 aliphatic carbocycles. The average Bonchev–Trinajstić information content (AvgIpc) is 2.28. The van der Waals surface area contributed by atoms with Gasteiger partial charge in [0.15, 0.2) is 0 Å². The third-order valence-corrected chi connectivity index (χ3v) is 2.68. The molecule has 0 saturated carbocycles. The molecule has 2 aromatic rings. The van der Waals surface area contributed by atoms with Crippen LogP contribution < -0.4 is 0 Å². The van der Waals surface area contributed by atoms with Crippen molar-refractivity contribution in [2.24, 2.45) is 5.92 Å². The topological polar surface area (TPSA) is 12.9 Å². The van der Waals surface area contributed by atoms with Crippen molar-refractivity contribution in [2.45, 2.75) is 20.3 Å². The molecule has 0 atom stereocenters. The molecule has 0 unspecified atom stereocenters. The minimum absolute atomic E-state index is 0.671. The number of benzene rings is 1. The van der Waals surface area contributed by atoms with Gasteiger partial charge in [-0.1, -0.05) is 38.6 Å². The maximum absolute atomic E-state index is 4.54. The van der Waals surface area contributed by atoms with Crippen LogP contribution in [0.5, 0.6) is 0 Å². The van der Waals surface area contributed by atoms with Crippen molar-refractivity contribution >= 4 is 17.0 Å².